The molecule has 0 bridgehead atoms. The highest BCUT2D eigenvalue weighted by Gasteiger charge is 2.36. The predicted octanol–water partition coefficient (Wildman–Crippen LogP) is 0.652. The van der Waals surface area contributed by atoms with E-state index in [0.717, 1.165) is 45.4 Å². The number of likely N-dealkylation sites (tertiary alicyclic amines) is 1. The van der Waals surface area contributed by atoms with Crippen molar-refractivity contribution < 1.29 is 13.2 Å². The van der Waals surface area contributed by atoms with Crippen molar-refractivity contribution in [2.75, 3.05) is 52.4 Å². The number of nitrogens with zero attached hydrogens (tertiary/aromatic N) is 3. The average Bonchev–Trinajstić information content (AvgIpc) is 3.43. The second-order valence-corrected chi connectivity index (χ2v) is 10.0. The Kier molecular flexibility index (Phi) is 5.34. The maximum absolute atomic E-state index is 13.0. The third-order valence-electron chi connectivity index (χ3n) is 5.62. The fraction of sp³-hybridized carbons (Fsp3) is 0.706. The first-order valence-corrected chi connectivity index (χ1v) is 11.7. The van der Waals surface area contributed by atoms with Gasteiger partial charge in [0.15, 0.2) is 0 Å². The van der Waals surface area contributed by atoms with Crippen molar-refractivity contribution in [1.29, 1.82) is 0 Å². The molecule has 7 nitrogen and oxygen atoms in total. The molecule has 144 valence electrons. The van der Waals surface area contributed by atoms with Crippen molar-refractivity contribution >= 4 is 27.3 Å². The van der Waals surface area contributed by atoms with E-state index in [9.17, 15) is 13.2 Å². The van der Waals surface area contributed by atoms with E-state index in [0.29, 0.717) is 37.1 Å². The molecule has 1 N–H and O–H groups in total. The van der Waals surface area contributed by atoms with Crippen LogP contribution in [0.1, 0.15) is 28.9 Å². The van der Waals surface area contributed by atoms with E-state index in [1.54, 1.807) is 11.4 Å². The van der Waals surface area contributed by atoms with Crippen molar-refractivity contribution in [3.8, 4) is 0 Å². The standard InChI is InChI=1S/C17H26N4O3S2/c22-17(20-9-3-14(13-20)19-10-5-18-6-11-19)16-15(4-12-25-16)26(23,24)21-7-1-2-8-21/h4,12,14,18H,1-3,5-11,13H2. The molecule has 26 heavy (non-hydrogen) atoms. The quantitative estimate of drug-likeness (QED) is 0.806. The molecular formula is C17H26N4O3S2. The van der Waals surface area contributed by atoms with E-state index < -0.39 is 10.0 Å². The fourth-order valence-corrected chi connectivity index (χ4v) is 7.02. The molecule has 3 aliphatic rings. The van der Waals surface area contributed by atoms with Gasteiger partial charge < -0.3 is 10.2 Å². The van der Waals surface area contributed by atoms with Crippen LogP contribution in [0.5, 0.6) is 0 Å². The topological polar surface area (TPSA) is 73.0 Å². The Morgan fingerprint density at radius 2 is 1.85 bits per heavy atom. The largest absolute Gasteiger partial charge is 0.336 e. The van der Waals surface area contributed by atoms with Crippen LogP contribution in [0, 0.1) is 0 Å². The summed E-state index contributed by atoms with van der Waals surface area (Å²) in [6.07, 6.45) is 2.75. The van der Waals surface area contributed by atoms with Crippen LogP contribution in [0.25, 0.3) is 0 Å². The van der Waals surface area contributed by atoms with Gasteiger partial charge in [0, 0.05) is 58.4 Å². The maximum Gasteiger partial charge on any atom is 0.265 e. The summed E-state index contributed by atoms with van der Waals surface area (Å²) in [5.74, 6) is -0.129. The van der Waals surface area contributed by atoms with Crippen LogP contribution in [-0.2, 0) is 10.0 Å². The van der Waals surface area contributed by atoms with Crippen molar-refractivity contribution in [2.45, 2.75) is 30.2 Å². The van der Waals surface area contributed by atoms with Crippen LogP contribution in [0.15, 0.2) is 16.3 Å². The number of rotatable bonds is 4. The lowest BCUT2D eigenvalue weighted by molar-refractivity contribution is 0.0774. The number of carbonyl (C=O) groups is 1. The van der Waals surface area contributed by atoms with Crippen molar-refractivity contribution in [3.63, 3.8) is 0 Å². The first-order chi connectivity index (χ1) is 12.6. The molecule has 0 spiro atoms. The second kappa shape index (κ2) is 7.55. The molecule has 9 heteroatoms. The zero-order chi connectivity index (χ0) is 18.1. The molecule has 0 aromatic carbocycles. The Balaban J connectivity index is 1.48. The van der Waals surface area contributed by atoms with Crippen LogP contribution in [-0.4, -0.2) is 86.8 Å². The number of nitrogens with one attached hydrogen (secondary N) is 1. The lowest BCUT2D eigenvalue weighted by Gasteiger charge is -2.32. The first-order valence-electron chi connectivity index (χ1n) is 9.39. The summed E-state index contributed by atoms with van der Waals surface area (Å²) in [6, 6.07) is 1.98. The number of hydrogen-bond donors (Lipinski definition) is 1. The Morgan fingerprint density at radius 3 is 2.58 bits per heavy atom. The van der Waals surface area contributed by atoms with Gasteiger partial charge in [0.1, 0.15) is 9.77 Å². The Morgan fingerprint density at radius 1 is 1.12 bits per heavy atom. The molecule has 1 atom stereocenters. The van der Waals surface area contributed by atoms with E-state index in [2.05, 4.69) is 10.2 Å². The molecule has 0 radical (unpaired) electrons. The normalized spacial score (nSPS) is 25.8. The van der Waals surface area contributed by atoms with E-state index in [-0.39, 0.29) is 10.8 Å². The molecule has 1 aromatic heterocycles. The van der Waals surface area contributed by atoms with Crippen molar-refractivity contribution in [2.24, 2.45) is 0 Å². The summed E-state index contributed by atoms with van der Waals surface area (Å²) in [6.45, 7) is 6.53. The maximum atomic E-state index is 13.0. The number of carbonyl (C=O) groups excluding carboxylic acids is 1. The zero-order valence-corrected chi connectivity index (χ0v) is 16.5. The van der Waals surface area contributed by atoms with Gasteiger partial charge in [0.2, 0.25) is 10.0 Å². The van der Waals surface area contributed by atoms with E-state index in [1.165, 1.54) is 15.6 Å². The third-order valence-corrected chi connectivity index (χ3v) is 8.60. The van der Waals surface area contributed by atoms with Gasteiger partial charge in [0.25, 0.3) is 5.91 Å². The summed E-state index contributed by atoms with van der Waals surface area (Å²) < 4.78 is 27.3. The minimum Gasteiger partial charge on any atom is -0.336 e. The Bertz CT molecular complexity index is 752. The van der Waals surface area contributed by atoms with Crippen molar-refractivity contribution in [1.82, 2.24) is 19.4 Å². The van der Waals surface area contributed by atoms with Crippen LogP contribution >= 0.6 is 11.3 Å². The molecule has 1 amide bonds. The minimum absolute atomic E-state index is 0.129. The smallest absolute Gasteiger partial charge is 0.265 e. The van der Waals surface area contributed by atoms with Crippen LogP contribution in [0.4, 0.5) is 0 Å². The van der Waals surface area contributed by atoms with Gasteiger partial charge >= 0.3 is 0 Å². The highest BCUT2D eigenvalue weighted by Crippen LogP contribution is 2.30. The van der Waals surface area contributed by atoms with Gasteiger partial charge in [-0.25, -0.2) is 8.42 Å². The molecule has 4 rings (SSSR count). The second-order valence-electron chi connectivity index (χ2n) is 7.20. The monoisotopic (exact) mass is 398 g/mol. The molecule has 0 saturated carbocycles. The van der Waals surface area contributed by atoms with Crippen molar-refractivity contribution in [3.05, 3.63) is 16.3 Å². The van der Waals surface area contributed by atoms with Gasteiger partial charge in [-0.2, -0.15) is 4.31 Å². The molecule has 0 aliphatic carbocycles. The number of amides is 1. The lowest BCUT2D eigenvalue weighted by Crippen LogP contribution is -2.49. The van der Waals surface area contributed by atoms with Gasteiger partial charge in [-0.15, -0.1) is 11.3 Å². The molecule has 3 saturated heterocycles. The minimum atomic E-state index is -3.56. The number of piperazine rings is 1. The summed E-state index contributed by atoms with van der Waals surface area (Å²) in [7, 11) is -3.56. The molecule has 1 unspecified atom stereocenters. The Hall–Kier alpha value is -1.00. The number of hydrogen-bond acceptors (Lipinski definition) is 6. The van der Waals surface area contributed by atoms with Gasteiger partial charge in [0.05, 0.1) is 0 Å². The molecule has 3 aliphatic heterocycles. The van der Waals surface area contributed by atoms with E-state index in [4.69, 9.17) is 0 Å². The third kappa shape index (κ3) is 3.43. The van der Waals surface area contributed by atoms with Crippen LogP contribution < -0.4 is 5.32 Å². The van der Waals surface area contributed by atoms with E-state index >= 15 is 0 Å². The van der Waals surface area contributed by atoms with E-state index in [1.807, 2.05) is 4.90 Å². The predicted molar refractivity (Wildman–Crippen MR) is 101 cm³/mol. The molecular weight excluding hydrogens is 372 g/mol. The summed E-state index contributed by atoms with van der Waals surface area (Å²) in [5.41, 5.74) is 0. The Labute approximate surface area is 159 Å². The molecule has 4 heterocycles. The van der Waals surface area contributed by atoms with Crippen LogP contribution in [0.2, 0.25) is 0 Å². The summed E-state index contributed by atoms with van der Waals surface area (Å²) in [4.78, 5) is 17.9. The highest BCUT2D eigenvalue weighted by atomic mass is 32.2. The first kappa shape index (κ1) is 18.4. The van der Waals surface area contributed by atoms with Gasteiger partial charge in [-0.1, -0.05) is 0 Å². The lowest BCUT2D eigenvalue weighted by atomic mass is 10.2. The summed E-state index contributed by atoms with van der Waals surface area (Å²) in [5, 5.41) is 5.08. The zero-order valence-electron chi connectivity index (χ0n) is 14.9. The highest BCUT2D eigenvalue weighted by molar-refractivity contribution is 7.89. The van der Waals surface area contributed by atoms with Gasteiger partial charge in [-0.05, 0) is 30.7 Å². The van der Waals surface area contributed by atoms with Gasteiger partial charge in [-0.3, -0.25) is 9.69 Å². The SMILES string of the molecule is O=C(c1sccc1S(=O)(=O)N1CCCC1)N1CCC(N2CCNCC2)C1. The number of thiophene rings is 1. The molecule has 1 aromatic rings. The fourth-order valence-electron chi connectivity index (χ4n) is 4.14. The molecule has 3 fully saturated rings. The number of sulfonamides is 1. The van der Waals surface area contributed by atoms with Crippen LogP contribution in [0.3, 0.4) is 0 Å². The average molecular weight is 399 g/mol. The summed E-state index contributed by atoms with van der Waals surface area (Å²) >= 11 is 1.25.